The van der Waals surface area contributed by atoms with Crippen LogP contribution in [0.25, 0.3) is 0 Å². The maximum atomic E-state index is 12.5. The lowest BCUT2D eigenvalue weighted by Gasteiger charge is -2.05. The number of hydrogen-bond donors (Lipinski definition) is 0. The number of halogens is 2. The van der Waals surface area contributed by atoms with Crippen molar-refractivity contribution in [2.24, 2.45) is 7.05 Å². The largest absolute Gasteiger partial charge is 0.404 e. The van der Waals surface area contributed by atoms with Crippen molar-refractivity contribution in [1.82, 2.24) is 9.78 Å². The highest BCUT2D eigenvalue weighted by Gasteiger charge is 2.18. The maximum Gasteiger partial charge on any atom is 0.345 e. The smallest absolute Gasteiger partial charge is 0.345 e. The Labute approximate surface area is 108 Å². The molecule has 4 nitrogen and oxygen atoms in total. The van der Waals surface area contributed by atoms with Gasteiger partial charge in [-0.05, 0) is 18.6 Å². The third-order valence-corrected chi connectivity index (χ3v) is 2.64. The van der Waals surface area contributed by atoms with Gasteiger partial charge < -0.3 is 4.74 Å². The molecule has 19 heavy (non-hydrogen) atoms. The molecule has 0 radical (unpaired) electrons. The molecule has 0 saturated heterocycles. The SMILES string of the molecule is Cc1ccccc1C(=O)Oc1cc(C(F)F)nn1C. The number of alkyl halides is 2. The second kappa shape index (κ2) is 5.17. The van der Waals surface area contributed by atoms with Crippen LogP contribution >= 0.6 is 0 Å². The fourth-order valence-corrected chi connectivity index (χ4v) is 1.63. The third-order valence-electron chi connectivity index (χ3n) is 2.64. The molecule has 100 valence electrons. The van der Waals surface area contributed by atoms with Gasteiger partial charge in [0.2, 0.25) is 5.88 Å². The Morgan fingerprint density at radius 1 is 1.37 bits per heavy atom. The molecule has 1 aromatic heterocycles. The van der Waals surface area contributed by atoms with Crippen molar-refractivity contribution in [3.05, 3.63) is 47.2 Å². The van der Waals surface area contributed by atoms with E-state index < -0.39 is 18.1 Å². The number of aryl methyl sites for hydroxylation is 2. The zero-order chi connectivity index (χ0) is 14.0. The first-order chi connectivity index (χ1) is 8.99. The van der Waals surface area contributed by atoms with E-state index in [-0.39, 0.29) is 5.88 Å². The number of carbonyl (C=O) groups is 1. The van der Waals surface area contributed by atoms with Gasteiger partial charge >= 0.3 is 5.97 Å². The number of nitrogens with zero attached hydrogens (tertiary/aromatic N) is 2. The van der Waals surface area contributed by atoms with E-state index >= 15 is 0 Å². The topological polar surface area (TPSA) is 44.1 Å². The van der Waals surface area contributed by atoms with Crippen LogP contribution in [0.1, 0.15) is 28.0 Å². The second-order valence-electron chi connectivity index (χ2n) is 4.04. The Morgan fingerprint density at radius 3 is 2.63 bits per heavy atom. The number of carbonyl (C=O) groups excluding carboxylic acids is 1. The van der Waals surface area contributed by atoms with Crippen LogP contribution in [0.5, 0.6) is 5.88 Å². The summed E-state index contributed by atoms with van der Waals surface area (Å²) in [6.07, 6.45) is -2.70. The monoisotopic (exact) mass is 266 g/mol. The predicted molar refractivity (Wildman–Crippen MR) is 64.3 cm³/mol. The molecule has 0 N–H and O–H groups in total. The average molecular weight is 266 g/mol. The summed E-state index contributed by atoms with van der Waals surface area (Å²) in [4.78, 5) is 11.9. The number of rotatable bonds is 3. The highest BCUT2D eigenvalue weighted by atomic mass is 19.3. The quantitative estimate of drug-likeness (QED) is 0.802. The maximum absolute atomic E-state index is 12.5. The first kappa shape index (κ1) is 13.2. The van der Waals surface area contributed by atoms with E-state index in [1.807, 2.05) is 0 Å². The molecular formula is C13H12F2N2O2. The summed E-state index contributed by atoms with van der Waals surface area (Å²) in [5, 5.41) is 3.57. The van der Waals surface area contributed by atoms with E-state index in [0.717, 1.165) is 16.3 Å². The van der Waals surface area contributed by atoms with Gasteiger partial charge in [-0.1, -0.05) is 18.2 Å². The van der Waals surface area contributed by atoms with Gasteiger partial charge in [-0.25, -0.2) is 18.3 Å². The molecule has 0 atom stereocenters. The Hall–Kier alpha value is -2.24. The Kier molecular flexibility index (Phi) is 3.59. The summed E-state index contributed by atoms with van der Waals surface area (Å²) < 4.78 is 31.1. The van der Waals surface area contributed by atoms with Crippen LogP contribution in [0.3, 0.4) is 0 Å². The summed E-state index contributed by atoms with van der Waals surface area (Å²) in [7, 11) is 1.44. The Balaban J connectivity index is 2.22. The molecule has 0 spiro atoms. The molecule has 6 heteroatoms. The second-order valence-corrected chi connectivity index (χ2v) is 4.04. The van der Waals surface area contributed by atoms with Crippen LogP contribution in [0.15, 0.2) is 30.3 Å². The van der Waals surface area contributed by atoms with E-state index in [9.17, 15) is 13.6 Å². The van der Waals surface area contributed by atoms with Crippen LogP contribution in [-0.4, -0.2) is 15.7 Å². The molecule has 0 fully saturated rings. The molecular weight excluding hydrogens is 254 g/mol. The highest BCUT2D eigenvalue weighted by Crippen LogP contribution is 2.22. The number of aromatic nitrogens is 2. The van der Waals surface area contributed by atoms with Crippen LogP contribution in [0, 0.1) is 6.92 Å². The number of hydrogen-bond acceptors (Lipinski definition) is 3. The lowest BCUT2D eigenvalue weighted by atomic mass is 10.1. The molecule has 0 amide bonds. The van der Waals surface area contributed by atoms with Gasteiger partial charge in [-0.15, -0.1) is 0 Å². The first-order valence-electron chi connectivity index (χ1n) is 5.59. The van der Waals surface area contributed by atoms with E-state index in [0.29, 0.717) is 5.56 Å². The van der Waals surface area contributed by atoms with Crippen molar-refractivity contribution in [2.75, 3.05) is 0 Å². The van der Waals surface area contributed by atoms with E-state index in [4.69, 9.17) is 4.74 Å². The van der Waals surface area contributed by atoms with Crippen molar-refractivity contribution in [3.63, 3.8) is 0 Å². The summed E-state index contributed by atoms with van der Waals surface area (Å²) in [5.41, 5.74) is 0.723. The van der Waals surface area contributed by atoms with Gasteiger partial charge in [0.15, 0.2) is 0 Å². The molecule has 0 aliphatic carbocycles. The van der Waals surface area contributed by atoms with Gasteiger partial charge in [0.25, 0.3) is 6.43 Å². The minimum atomic E-state index is -2.70. The van der Waals surface area contributed by atoms with Gasteiger partial charge in [0, 0.05) is 13.1 Å². The van der Waals surface area contributed by atoms with Crippen molar-refractivity contribution < 1.29 is 18.3 Å². The normalized spacial score (nSPS) is 10.8. The molecule has 2 rings (SSSR count). The fraction of sp³-hybridized carbons (Fsp3) is 0.231. The predicted octanol–water partition coefficient (Wildman–Crippen LogP) is 2.89. The molecule has 0 unspecified atom stereocenters. The highest BCUT2D eigenvalue weighted by molar-refractivity contribution is 5.92. The number of esters is 1. The lowest BCUT2D eigenvalue weighted by molar-refractivity contribution is 0.0719. The average Bonchev–Trinajstić information content (AvgIpc) is 2.71. The minimum Gasteiger partial charge on any atom is -0.404 e. The Bertz CT molecular complexity index is 608. The van der Waals surface area contributed by atoms with Gasteiger partial charge in [0.05, 0.1) is 5.56 Å². The van der Waals surface area contributed by atoms with Crippen molar-refractivity contribution in [2.45, 2.75) is 13.3 Å². The summed E-state index contributed by atoms with van der Waals surface area (Å²) in [6.45, 7) is 1.77. The van der Waals surface area contributed by atoms with E-state index in [2.05, 4.69) is 5.10 Å². The van der Waals surface area contributed by atoms with Gasteiger partial charge in [-0.2, -0.15) is 5.10 Å². The van der Waals surface area contributed by atoms with Crippen LogP contribution in [0.2, 0.25) is 0 Å². The van der Waals surface area contributed by atoms with Crippen molar-refractivity contribution >= 4 is 5.97 Å². The molecule has 1 aromatic carbocycles. The van der Waals surface area contributed by atoms with Gasteiger partial charge in [-0.3, -0.25) is 0 Å². The molecule has 0 aliphatic heterocycles. The molecule has 1 heterocycles. The first-order valence-corrected chi connectivity index (χ1v) is 5.59. The number of ether oxygens (including phenoxy) is 1. The fourth-order valence-electron chi connectivity index (χ4n) is 1.63. The van der Waals surface area contributed by atoms with E-state index in [1.54, 1.807) is 31.2 Å². The standard InChI is InChI=1S/C13H12F2N2O2/c1-8-5-3-4-6-9(8)13(18)19-11-7-10(12(14)15)16-17(11)2/h3-7,12H,1-2H3. The summed E-state index contributed by atoms with van der Waals surface area (Å²) in [6, 6.07) is 7.94. The van der Waals surface area contributed by atoms with Crippen LogP contribution in [-0.2, 0) is 7.05 Å². The molecule has 0 aliphatic rings. The molecule has 0 saturated carbocycles. The van der Waals surface area contributed by atoms with Crippen molar-refractivity contribution in [1.29, 1.82) is 0 Å². The summed E-state index contributed by atoms with van der Waals surface area (Å²) in [5.74, 6) is -0.606. The molecule has 0 bridgehead atoms. The molecule has 2 aromatic rings. The zero-order valence-corrected chi connectivity index (χ0v) is 10.4. The van der Waals surface area contributed by atoms with Crippen LogP contribution < -0.4 is 4.74 Å². The number of benzene rings is 1. The Morgan fingerprint density at radius 2 is 2.05 bits per heavy atom. The van der Waals surface area contributed by atoms with E-state index in [1.165, 1.54) is 7.05 Å². The van der Waals surface area contributed by atoms with Crippen LogP contribution in [0.4, 0.5) is 8.78 Å². The lowest BCUT2D eigenvalue weighted by Crippen LogP contribution is -2.12. The van der Waals surface area contributed by atoms with Gasteiger partial charge in [0.1, 0.15) is 5.69 Å². The minimum absolute atomic E-state index is 0.0106. The third kappa shape index (κ3) is 2.78. The zero-order valence-electron chi connectivity index (χ0n) is 10.4. The van der Waals surface area contributed by atoms with Crippen molar-refractivity contribution in [3.8, 4) is 5.88 Å². The summed E-state index contributed by atoms with van der Waals surface area (Å²) >= 11 is 0.